The van der Waals surface area contributed by atoms with Crippen LogP contribution < -0.4 is 5.32 Å². The van der Waals surface area contributed by atoms with Gasteiger partial charge in [-0.1, -0.05) is 0 Å². The van der Waals surface area contributed by atoms with Gasteiger partial charge in [-0.3, -0.25) is 0 Å². The van der Waals surface area contributed by atoms with Crippen LogP contribution in [0.5, 0.6) is 0 Å². The number of carbonyl (C=O) groups excluding carboxylic acids is 1. The molecule has 2 atom stereocenters. The van der Waals surface area contributed by atoms with E-state index in [1.807, 2.05) is 4.90 Å². The van der Waals surface area contributed by atoms with E-state index in [9.17, 15) is 13.2 Å². The highest BCUT2D eigenvalue weighted by Crippen LogP contribution is 2.37. The Hall–Kier alpha value is -0.780. The lowest BCUT2D eigenvalue weighted by Gasteiger charge is -2.27. The van der Waals surface area contributed by atoms with Crippen molar-refractivity contribution < 1.29 is 13.2 Å². The number of likely N-dealkylation sites (tertiary alicyclic amines) is 1. The number of fused-ring (bicyclic) bond motifs is 2. The first-order chi connectivity index (χ1) is 7.96. The summed E-state index contributed by atoms with van der Waals surface area (Å²) in [6.45, 7) is 1.32. The fraction of sp³-hybridized carbons (Fsp3) is 0.909. The van der Waals surface area contributed by atoms with E-state index in [1.54, 1.807) is 0 Å². The van der Waals surface area contributed by atoms with Gasteiger partial charge in [-0.15, -0.1) is 0 Å². The molecule has 17 heavy (non-hydrogen) atoms. The first-order valence-electron chi connectivity index (χ1n) is 6.18. The fourth-order valence-corrected chi connectivity index (χ4v) is 3.47. The van der Waals surface area contributed by atoms with Crippen LogP contribution >= 0.6 is 0 Å². The van der Waals surface area contributed by atoms with Crippen molar-refractivity contribution in [2.24, 2.45) is 5.92 Å². The zero-order valence-electron chi connectivity index (χ0n) is 10.2. The number of nitrogens with zero attached hydrogens (tertiary/aromatic N) is 1. The van der Waals surface area contributed by atoms with Crippen LogP contribution in [0.25, 0.3) is 0 Å². The minimum Gasteiger partial charge on any atom is -0.338 e. The largest absolute Gasteiger partial charge is 0.338 e. The van der Waals surface area contributed by atoms with Gasteiger partial charge in [0, 0.05) is 25.4 Å². The quantitative estimate of drug-likeness (QED) is 0.753. The van der Waals surface area contributed by atoms with Crippen LogP contribution in [-0.4, -0.2) is 50.5 Å². The molecule has 98 valence electrons. The fourth-order valence-electron chi connectivity index (χ4n) is 2.80. The number of sulfone groups is 1. The predicted molar refractivity (Wildman–Crippen MR) is 65.6 cm³/mol. The number of rotatable bonds is 4. The average molecular weight is 260 g/mol. The zero-order valence-corrected chi connectivity index (χ0v) is 11.0. The van der Waals surface area contributed by atoms with Gasteiger partial charge >= 0.3 is 6.03 Å². The molecular formula is C11H20N2O3S. The zero-order chi connectivity index (χ0) is 12.5. The number of piperidine rings is 1. The van der Waals surface area contributed by atoms with Crippen molar-refractivity contribution in [1.29, 1.82) is 0 Å². The second kappa shape index (κ2) is 4.84. The molecule has 2 rings (SSSR count). The lowest BCUT2D eigenvalue weighted by Crippen LogP contribution is -2.44. The van der Waals surface area contributed by atoms with Crippen LogP contribution in [0.2, 0.25) is 0 Å². The van der Waals surface area contributed by atoms with Gasteiger partial charge in [0.05, 0.1) is 5.75 Å². The number of urea groups is 1. The normalized spacial score (nSPS) is 27.5. The molecule has 6 heteroatoms. The Morgan fingerprint density at radius 3 is 2.71 bits per heavy atom. The molecule has 1 aliphatic heterocycles. The summed E-state index contributed by atoms with van der Waals surface area (Å²) < 4.78 is 21.8. The van der Waals surface area contributed by atoms with Crippen LogP contribution in [0, 0.1) is 5.92 Å². The second-order valence-electron chi connectivity index (χ2n) is 5.20. The van der Waals surface area contributed by atoms with E-state index in [-0.39, 0.29) is 11.8 Å². The van der Waals surface area contributed by atoms with E-state index < -0.39 is 9.84 Å². The molecule has 2 amide bonds. The average Bonchev–Trinajstić information content (AvgIpc) is 2.84. The lowest BCUT2D eigenvalue weighted by atomic mass is 10.1. The van der Waals surface area contributed by atoms with E-state index >= 15 is 0 Å². The molecule has 1 saturated heterocycles. The predicted octanol–water partition coefficient (Wildman–Crippen LogP) is 0.615. The number of hydrogen-bond donors (Lipinski definition) is 1. The Kier molecular flexibility index (Phi) is 3.61. The number of hydrogen-bond acceptors (Lipinski definition) is 3. The summed E-state index contributed by atoms with van der Waals surface area (Å²) in [6.07, 6.45) is 5.24. The maximum Gasteiger partial charge on any atom is 0.317 e. The minimum absolute atomic E-state index is 0.0225. The van der Waals surface area contributed by atoms with Gasteiger partial charge < -0.3 is 10.2 Å². The van der Waals surface area contributed by atoms with Gasteiger partial charge in [-0.25, -0.2) is 13.2 Å². The van der Waals surface area contributed by atoms with Crippen molar-refractivity contribution in [2.75, 3.05) is 25.1 Å². The molecule has 2 unspecified atom stereocenters. The minimum atomic E-state index is -2.91. The first kappa shape index (κ1) is 12.7. The summed E-state index contributed by atoms with van der Waals surface area (Å²) in [5, 5.41) is 2.80. The smallest absolute Gasteiger partial charge is 0.317 e. The maximum absolute atomic E-state index is 11.8. The van der Waals surface area contributed by atoms with E-state index in [2.05, 4.69) is 5.32 Å². The third kappa shape index (κ3) is 3.34. The van der Waals surface area contributed by atoms with Crippen LogP contribution in [-0.2, 0) is 9.84 Å². The van der Waals surface area contributed by atoms with E-state index in [4.69, 9.17) is 0 Å². The summed E-state index contributed by atoms with van der Waals surface area (Å²) in [5.41, 5.74) is 0. The standard InChI is InChI=1S/C11H20N2O3S/c1-17(15,16)6-2-5-12-11(14)13-8-9-3-4-10(13)7-9/h9-10H,2-8H2,1H3,(H,12,14). The maximum atomic E-state index is 11.8. The van der Waals surface area contributed by atoms with Crippen molar-refractivity contribution in [1.82, 2.24) is 10.2 Å². The molecule has 5 nitrogen and oxygen atoms in total. The highest BCUT2D eigenvalue weighted by atomic mass is 32.2. The van der Waals surface area contributed by atoms with Gasteiger partial charge in [-0.05, 0) is 31.6 Å². The van der Waals surface area contributed by atoms with Gasteiger partial charge in [0.25, 0.3) is 0 Å². The molecule has 0 aromatic carbocycles. The van der Waals surface area contributed by atoms with Crippen molar-refractivity contribution in [2.45, 2.75) is 31.7 Å². The van der Waals surface area contributed by atoms with Crippen molar-refractivity contribution in [3.05, 3.63) is 0 Å². The molecule has 0 aromatic rings. The SMILES string of the molecule is CS(=O)(=O)CCCNC(=O)N1CC2CCC1C2. The Labute approximate surface area is 102 Å². The molecule has 1 saturated carbocycles. The molecule has 0 spiro atoms. The lowest BCUT2D eigenvalue weighted by molar-refractivity contribution is 0.181. The molecule has 0 radical (unpaired) electrons. The third-order valence-corrected chi connectivity index (χ3v) is 4.67. The highest BCUT2D eigenvalue weighted by Gasteiger charge is 2.39. The summed E-state index contributed by atoms with van der Waals surface area (Å²) in [5.74, 6) is 0.834. The molecule has 0 aromatic heterocycles. The van der Waals surface area contributed by atoms with Crippen LogP contribution in [0.3, 0.4) is 0 Å². The number of carbonyl (C=O) groups is 1. The molecular weight excluding hydrogens is 240 g/mol. The second-order valence-corrected chi connectivity index (χ2v) is 7.46. The van der Waals surface area contributed by atoms with Crippen LogP contribution in [0.15, 0.2) is 0 Å². The van der Waals surface area contributed by atoms with E-state index in [1.165, 1.54) is 12.7 Å². The van der Waals surface area contributed by atoms with Gasteiger partial charge in [0.1, 0.15) is 9.84 Å². The summed E-state index contributed by atoms with van der Waals surface area (Å²) in [4.78, 5) is 13.7. The molecule has 2 bridgehead atoms. The molecule has 2 fully saturated rings. The summed E-state index contributed by atoms with van der Waals surface area (Å²) >= 11 is 0. The third-order valence-electron chi connectivity index (χ3n) is 3.64. The van der Waals surface area contributed by atoms with Crippen LogP contribution in [0.4, 0.5) is 4.79 Å². The van der Waals surface area contributed by atoms with E-state index in [0.717, 1.165) is 19.4 Å². The number of amides is 2. The Morgan fingerprint density at radius 2 is 2.18 bits per heavy atom. The first-order valence-corrected chi connectivity index (χ1v) is 8.24. The Bertz CT molecular complexity index is 394. The van der Waals surface area contributed by atoms with Gasteiger partial charge in [0.15, 0.2) is 0 Å². The van der Waals surface area contributed by atoms with E-state index in [0.29, 0.717) is 24.9 Å². The Morgan fingerprint density at radius 1 is 1.41 bits per heavy atom. The van der Waals surface area contributed by atoms with Gasteiger partial charge in [0.2, 0.25) is 0 Å². The topological polar surface area (TPSA) is 66.5 Å². The summed E-state index contributed by atoms with van der Waals surface area (Å²) in [7, 11) is -2.91. The molecule has 1 aliphatic carbocycles. The van der Waals surface area contributed by atoms with Crippen molar-refractivity contribution in [3.63, 3.8) is 0 Å². The van der Waals surface area contributed by atoms with Crippen molar-refractivity contribution in [3.8, 4) is 0 Å². The van der Waals surface area contributed by atoms with Crippen molar-refractivity contribution >= 4 is 15.9 Å². The molecule has 1 heterocycles. The number of nitrogens with one attached hydrogen (secondary N) is 1. The van der Waals surface area contributed by atoms with Crippen LogP contribution in [0.1, 0.15) is 25.7 Å². The molecule has 1 N–H and O–H groups in total. The highest BCUT2D eigenvalue weighted by molar-refractivity contribution is 7.90. The molecule has 2 aliphatic rings. The van der Waals surface area contributed by atoms with Gasteiger partial charge in [-0.2, -0.15) is 0 Å². The Balaban J connectivity index is 1.68. The monoisotopic (exact) mass is 260 g/mol. The summed E-state index contributed by atoms with van der Waals surface area (Å²) in [6, 6.07) is 0.403.